The number of halogens is 2. The summed E-state index contributed by atoms with van der Waals surface area (Å²) in [6, 6.07) is 18.3. The second kappa shape index (κ2) is 7.98. The Labute approximate surface area is 187 Å². The van der Waals surface area contributed by atoms with Crippen LogP contribution in [0.4, 0.5) is 0 Å². The van der Waals surface area contributed by atoms with E-state index < -0.39 is 0 Å². The van der Waals surface area contributed by atoms with E-state index in [0.29, 0.717) is 27.8 Å². The molecule has 0 fully saturated rings. The molecule has 0 saturated heterocycles. The van der Waals surface area contributed by atoms with Crippen molar-refractivity contribution in [1.29, 1.82) is 0 Å². The van der Waals surface area contributed by atoms with Crippen LogP contribution in [0.3, 0.4) is 0 Å². The predicted octanol–water partition coefficient (Wildman–Crippen LogP) is 5.67. The first kappa shape index (κ1) is 19.5. The SMILES string of the molecule is O=C(c1nnc(-c2ccccn2)o1)c1cn(Cc2ccc(Cl)cc2Cl)c2ccccc12. The number of carbonyl (C=O) groups excluding carboxylic acids is 1. The smallest absolute Gasteiger partial charge is 0.289 e. The summed E-state index contributed by atoms with van der Waals surface area (Å²) in [6.07, 6.45) is 3.40. The minimum Gasteiger partial charge on any atom is -0.412 e. The Morgan fingerprint density at radius 3 is 2.65 bits per heavy atom. The van der Waals surface area contributed by atoms with Crippen LogP contribution in [0.5, 0.6) is 0 Å². The van der Waals surface area contributed by atoms with Gasteiger partial charge in [0.1, 0.15) is 5.69 Å². The van der Waals surface area contributed by atoms with Crippen molar-refractivity contribution in [3.8, 4) is 11.6 Å². The first-order chi connectivity index (χ1) is 15.1. The molecule has 2 aromatic carbocycles. The fourth-order valence-electron chi connectivity index (χ4n) is 3.41. The zero-order valence-electron chi connectivity index (χ0n) is 16.0. The molecule has 0 aliphatic carbocycles. The quantitative estimate of drug-likeness (QED) is 0.323. The van der Waals surface area contributed by atoms with Crippen LogP contribution in [0.25, 0.3) is 22.5 Å². The minimum atomic E-state index is -0.355. The van der Waals surface area contributed by atoms with Gasteiger partial charge in [-0.1, -0.05) is 53.5 Å². The lowest BCUT2D eigenvalue weighted by Crippen LogP contribution is -2.02. The monoisotopic (exact) mass is 448 g/mol. The maximum atomic E-state index is 13.2. The second-order valence-corrected chi connectivity index (χ2v) is 7.72. The van der Waals surface area contributed by atoms with E-state index in [1.165, 1.54) is 0 Å². The molecule has 0 N–H and O–H groups in total. The van der Waals surface area contributed by atoms with Crippen molar-refractivity contribution in [2.75, 3.05) is 0 Å². The fraction of sp³-hybridized carbons (Fsp3) is 0.0435. The number of ketones is 1. The van der Waals surface area contributed by atoms with Crippen LogP contribution in [0.1, 0.15) is 21.8 Å². The predicted molar refractivity (Wildman–Crippen MR) is 118 cm³/mol. The van der Waals surface area contributed by atoms with E-state index in [1.807, 2.05) is 41.0 Å². The van der Waals surface area contributed by atoms with Crippen molar-refractivity contribution in [3.63, 3.8) is 0 Å². The van der Waals surface area contributed by atoms with Crippen LogP contribution in [0, 0.1) is 0 Å². The van der Waals surface area contributed by atoms with Crippen molar-refractivity contribution in [1.82, 2.24) is 19.7 Å². The molecule has 0 aliphatic heterocycles. The summed E-state index contributed by atoms with van der Waals surface area (Å²) in [5.41, 5.74) is 2.76. The van der Waals surface area contributed by atoms with Crippen LogP contribution in [0.15, 0.2) is 77.5 Å². The third kappa shape index (κ3) is 3.71. The zero-order chi connectivity index (χ0) is 21.4. The Balaban J connectivity index is 1.53. The second-order valence-electron chi connectivity index (χ2n) is 6.88. The maximum absolute atomic E-state index is 13.2. The number of rotatable bonds is 5. The number of fused-ring (bicyclic) bond motifs is 1. The van der Waals surface area contributed by atoms with E-state index in [9.17, 15) is 4.79 Å². The lowest BCUT2D eigenvalue weighted by atomic mass is 10.1. The molecule has 5 aromatic rings. The summed E-state index contributed by atoms with van der Waals surface area (Å²) in [6.45, 7) is 0.479. The third-order valence-electron chi connectivity index (χ3n) is 4.89. The van der Waals surface area contributed by atoms with E-state index in [2.05, 4.69) is 15.2 Å². The lowest BCUT2D eigenvalue weighted by molar-refractivity contribution is 0.100. The Kier molecular flexibility index (Phi) is 5.02. The Morgan fingerprint density at radius 2 is 1.84 bits per heavy atom. The van der Waals surface area contributed by atoms with E-state index in [1.54, 1.807) is 36.7 Å². The summed E-state index contributed by atoms with van der Waals surface area (Å²) in [7, 11) is 0. The number of hydrogen-bond acceptors (Lipinski definition) is 5. The molecule has 3 heterocycles. The van der Waals surface area contributed by atoms with Gasteiger partial charge >= 0.3 is 0 Å². The molecular formula is C23H14Cl2N4O2. The Morgan fingerprint density at radius 1 is 1.00 bits per heavy atom. The fourth-order valence-corrected chi connectivity index (χ4v) is 3.88. The molecule has 8 heteroatoms. The Bertz CT molecular complexity index is 1410. The number of benzene rings is 2. The van der Waals surface area contributed by atoms with E-state index in [4.69, 9.17) is 27.6 Å². The van der Waals surface area contributed by atoms with Crippen LogP contribution in [0.2, 0.25) is 10.0 Å². The van der Waals surface area contributed by atoms with Gasteiger partial charge < -0.3 is 8.98 Å². The topological polar surface area (TPSA) is 73.8 Å². The molecule has 0 radical (unpaired) electrons. The summed E-state index contributed by atoms with van der Waals surface area (Å²) >= 11 is 12.4. The van der Waals surface area contributed by atoms with Crippen molar-refractivity contribution < 1.29 is 9.21 Å². The number of nitrogens with zero attached hydrogens (tertiary/aromatic N) is 4. The van der Waals surface area contributed by atoms with Gasteiger partial charge in [0.25, 0.3) is 17.6 Å². The van der Waals surface area contributed by atoms with Crippen molar-refractivity contribution in [3.05, 3.63) is 100 Å². The first-order valence-corrected chi connectivity index (χ1v) is 10.2. The van der Waals surface area contributed by atoms with Gasteiger partial charge in [0.2, 0.25) is 0 Å². The van der Waals surface area contributed by atoms with E-state index >= 15 is 0 Å². The number of pyridine rings is 1. The summed E-state index contributed by atoms with van der Waals surface area (Å²) < 4.78 is 7.58. The number of carbonyl (C=O) groups is 1. The number of aromatic nitrogens is 4. The highest BCUT2D eigenvalue weighted by Crippen LogP contribution is 2.28. The Hall–Kier alpha value is -3.48. The highest BCUT2D eigenvalue weighted by molar-refractivity contribution is 6.35. The first-order valence-electron chi connectivity index (χ1n) is 9.41. The van der Waals surface area contributed by atoms with Gasteiger partial charge in [0.15, 0.2) is 0 Å². The van der Waals surface area contributed by atoms with Crippen LogP contribution >= 0.6 is 23.2 Å². The highest BCUT2D eigenvalue weighted by Gasteiger charge is 2.23. The molecule has 3 aromatic heterocycles. The van der Waals surface area contributed by atoms with Gasteiger partial charge in [0, 0.05) is 39.9 Å². The van der Waals surface area contributed by atoms with Crippen LogP contribution in [-0.4, -0.2) is 25.5 Å². The van der Waals surface area contributed by atoms with Crippen LogP contribution < -0.4 is 0 Å². The third-order valence-corrected chi connectivity index (χ3v) is 5.48. The van der Waals surface area contributed by atoms with E-state index in [0.717, 1.165) is 16.5 Å². The highest BCUT2D eigenvalue weighted by atomic mass is 35.5. The molecule has 6 nitrogen and oxygen atoms in total. The van der Waals surface area contributed by atoms with E-state index in [-0.39, 0.29) is 17.6 Å². The van der Waals surface area contributed by atoms with Gasteiger partial charge in [-0.3, -0.25) is 9.78 Å². The zero-order valence-corrected chi connectivity index (χ0v) is 17.5. The number of hydrogen-bond donors (Lipinski definition) is 0. The maximum Gasteiger partial charge on any atom is 0.289 e. The molecule has 0 aliphatic rings. The average Bonchev–Trinajstić information content (AvgIpc) is 3.42. The molecule has 0 spiro atoms. The number of para-hydroxylation sites is 1. The molecule has 31 heavy (non-hydrogen) atoms. The van der Waals surface area contributed by atoms with Gasteiger partial charge in [-0.25, -0.2) is 0 Å². The van der Waals surface area contributed by atoms with Gasteiger partial charge in [-0.15, -0.1) is 10.2 Å². The molecule has 0 unspecified atom stereocenters. The van der Waals surface area contributed by atoms with Crippen molar-refractivity contribution >= 4 is 39.9 Å². The molecule has 0 atom stereocenters. The molecule has 152 valence electrons. The van der Waals surface area contributed by atoms with Gasteiger partial charge in [-0.2, -0.15) is 0 Å². The molecule has 0 amide bonds. The molecule has 0 bridgehead atoms. The normalized spacial score (nSPS) is 11.2. The van der Waals surface area contributed by atoms with Crippen molar-refractivity contribution in [2.24, 2.45) is 0 Å². The van der Waals surface area contributed by atoms with Crippen LogP contribution in [-0.2, 0) is 6.54 Å². The largest absolute Gasteiger partial charge is 0.412 e. The van der Waals surface area contributed by atoms with Crippen molar-refractivity contribution in [2.45, 2.75) is 6.54 Å². The average molecular weight is 449 g/mol. The molecule has 5 rings (SSSR count). The summed E-state index contributed by atoms with van der Waals surface area (Å²) in [4.78, 5) is 17.4. The summed E-state index contributed by atoms with van der Waals surface area (Å²) in [5.74, 6) is -0.249. The minimum absolute atomic E-state index is 0.0897. The molecule has 0 saturated carbocycles. The lowest BCUT2D eigenvalue weighted by Gasteiger charge is -2.08. The van der Waals surface area contributed by atoms with Gasteiger partial charge in [-0.05, 0) is 35.9 Å². The van der Waals surface area contributed by atoms with Gasteiger partial charge in [0.05, 0.1) is 5.56 Å². The summed E-state index contributed by atoms with van der Waals surface area (Å²) in [5, 5.41) is 9.84. The molecular weight excluding hydrogens is 435 g/mol. The standard InChI is InChI=1S/C23H14Cl2N4O2/c24-15-9-8-14(18(25)11-15)12-29-13-17(16-5-1-2-7-20(16)29)21(30)23-28-27-22(31-23)19-6-3-4-10-26-19/h1-11,13H,12H2.